The number of hydrogen-bond acceptors (Lipinski definition) is 9. The van der Waals surface area contributed by atoms with Crippen molar-refractivity contribution in [1.29, 1.82) is 0 Å². The molecule has 0 saturated heterocycles. The largest absolute Gasteiger partial charge is 0.508 e. The number of nitrogens with zero attached hydrogens (tertiary/aromatic N) is 3. The molecule has 0 aliphatic rings. The number of carbonyl (C=O) groups excluding carboxylic acids is 6. The summed E-state index contributed by atoms with van der Waals surface area (Å²) in [6, 6.07) is 12.0. The minimum Gasteiger partial charge on any atom is -0.508 e. The molecule has 0 fully saturated rings. The molecule has 18 nitrogen and oxygen atoms in total. The molecule has 326 valence electrons. The molecule has 4 atom stereocenters. The Kier molecular flexibility index (Phi) is 18.4. The number of hydrogen-bond donors (Lipinski definition) is 9. The van der Waals surface area contributed by atoms with E-state index in [0.717, 1.165) is 30.0 Å². The SMILES string of the molecule is CC(=O)N(C(=O)/C=C/c1ccc(O)cc1)C(Cc1ccc(F)cc1)C(=O)NC(Cc1ccc(N=C(N)N)cc1)C(=O)NC(CC(C)C)C(=O)NC(CCCN=C(N)N)C(N)=O. The van der Waals surface area contributed by atoms with Crippen molar-refractivity contribution in [2.75, 3.05) is 6.54 Å². The van der Waals surface area contributed by atoms with E-state index in [0.29, 0.717) is 28.8 Å². The molecule has 19 heteroatoms. The van der Waals surface area contributed by atoms with E-state index >= 15 is 0 Å². The van der Waals surface area contributed by atoms with Crippen molar-refractivity contribution in [2.45, 2.75) is 77.0 Å². The summed E-state index contributed by atoms with van der Waals surface area (Å²) in [4.78, 5) is 90.4. The van der Waals surface area contributed by atoms with Gasteiger partial charge in [-0.25, -0.2) is 9.38 Å². The molecule has 6 amide bonds. The molecule has 3 aromatic carbocycles. The zero-order valence-electron chi connectivity index (χ0n) is 34.2. The second-order valence-electron chi connectivity index (χ2n) is 14.6. The molecule has 0 radical (unpaired) electrons. The molecule has 0 spiro atoms. The fraction of sp³-hybridized carbons (Fsp3) is 0.333. The molecule has 14 N–H and O–H groups in total. The topological polar surface area (TPSA) is 317 Å². The number of nitrogens with one attached hydrogen (secondary N) is 3. The van der Waals surface area contributed by atoms with E-state index in [9.17, 15) is 38.3 Å². The highest BCUT2D eigenvalue weighted by Gasteiger charge is 2.36. The van der Waals surface area contributed by atoms with Gasteiger partial charge in [0.1, 0.15) is 35.7 Å². The van der Waals surface area contributed by atoms with Gasteiger partial charge >= 0.3 is 0 Å². The summed E-state index contributed by atoms with van der Waals surface area (Å²) in [7, 11) is 0. The van der Waals surface area contributed by atoms with Crippen LogP contribution in [-0.2, 0) is 41.6 Å². The Morgan fingerprint density at radius 1 is 0.738 bits per heavy atom. The molecule has 3 rings (SSSR count). The molecule has 0 saturated carbocycles. The number of guanidine groups is 2. The van der Waals surface area contributed by atoms with Crippen LogP contribution in [-0.4, -0.2) is 88.1 Å². The quantitative estimate of drug-likeness (QED) is 0.0311. The van der Waals surface area contributed by atoms with Crippen LogP contribution in [0.25, 0.3) is 6.08 Å². The van der Waals surface area contributed by atoms with Crippen molar-refractivity contribution in [2.24, 2.45) is 44.6 Å². The Labute approximate surface area is 352 Å². The summed E-state index contributed by atoms with van der Waals surface area (Å²) in [5.41, 5.74) is 29.2. The number of rotatable bonds is 21. The van der Waals surface area contributed by atoms with E-state index in [1.807, 2.05) is 13.8 Å². The Bertz CT molecular complexity index is 2080. The van der Waals surface area contributed by atoms with Crippen molar-refractivity contribution in [3.8, 4) is 5.75 Å². The lowest BCUT2D eigenvalue weighted by Gasteiger charge is -2.30. The van der Waals surface area contributed by atoms with Gasteiger partial charge in [0, 0.05) is 32.4 Å². The monoisotopic (exact) mass is 843 g/mol. The fourth-order valence-corrected chi connectivity index (χ4v) is 6.11. The first-order valence-electron chi connectivity index (χ1n) is 19.3. The van der Waals surface area contributed by atoms with Gasteiger partial charge in [-0.1, -0.05) is 50.2 Å². The minimum atomic E-state index is -1.57. The van der Waals surface area contributed by atoms with Gasteiger partial charge in [-0.2, -0.15) is 0 Å². The molecule has 0 aliphatic carbocycles. The Morgan fingerprint density at radius 2 is 1.30 bits per heavy atom. The predicted octanol–water partition coefficient (Wildman–Crippen LogP) is 0.718. The van der Waals surface area contributed by atoms with E-state index in [-0.39, 0.29) is 55.8 Å². The van der Waals surface area contributed by atoms with Crippen LogP contribution in [0.4, 0.5) is 10.1 Å². The van der Waals surface area contributed by atoms with Gasteiger partial charge in [-0.05, 0) is 84.3 Å². The molecule has 0 heterocycles. The first-order valence-corrected chi connectivity index (χ1v) is 19.3. The number of imide groups is 1. The van der Waals surface area contributed by atoms with E-state index in [2.05, 4.69) is 25.9 Å². The Hall–Kier alpha value is -7.31. The van der Waals surface area contributed by atoms with Gasteiger partial charge in [-0.3, -0.25) is 38.7 Å². The van der Waals surface area contributed by atoms with Gasteiger partial charge in [0.05, 0.1) is 5.69 Å². The van der Waals surface area contributed by atoms with Crippen LogP contribution in [0.3, 0.4) is 0 Å². The van der Waals surface area contributed by atoms with Gasteiger partial charge in [-0.15, -0.1) is 0 Å². The van der Waals surface area contributed by atoms with E-state index in [1.54, 1.807) is 24.3 Å². The average Bonchev–Trinajstić information content (AvgIpc) is 3.18. The van der Waals surface area contributed by atoms with Gasteiger partial charge in [0.25, 0.3) is 5.91 Å². The van der Waals surface area contributed by atoms with Gasteiger partial charge in [0.2, 0.25) is 29.5 Å². The number of nitrogens with two attached hydrogens (primary N) is 5. The van der Waals surface area contributed by atoms with Crippen molar-refractivity contribution >= 4 is 59.1 Å². The first-order chi connectivity index (χ1) is 28.8. The van der Waals surface area contributed by atoms with E-state index in [4.69, 9.17) is 28.7 Å². The van der Waals surface area contributed by atoms with Gasteiger partial charge in [0.15, 0.2) is 11.9 Å². The molecule has 0 bridgehead atoms. The number of benzene rings is 3. The molecule has 61 heavy (non-hydrogen) atoms. The Balaban J connectivity index is 2.03. The minimum absolute atomic E-state index is 0.00447. The van der Waals surface area contributed by atoms with Crippen molar-refractivity contribution in [3.05, 3.63) is 101 Å². The molecule has 4 unspecified atom stereocenters. The summed E-state index contributed by atoms with van der Waals surface area (Å²) < 4.78 is 13.9. The van der Waals surface area contributed by atoms with Crippen LogP contribution in [0, 0.1) is 11.7 Å². The maximum absolute atomic E-state index is 14.5. The lowest BCUT2D eigenvalue weighted by molar-refractivity contribution is -0.148. The Morgan fingerprint density at radius 3 is 1.85 bits per heavy atom. The number of aromatic hydroxyl groups is 1. The highest BCUT2D eigenvalue weighted by atomic mass is 19.1. The van der Waals surface area contributed by atoms with Crippen LogP contribution in [0.2, 0.25) is 0 Å². The highest BCUT2D eigenvalue weighted by molar-refractivity contribution is 6.06. The summed E-state index contributed by atoms with van der Waals surface area (Å²) in [6.45, 7) is 4.89. The summed E-state index contributed by atoms with van der Waals surface area (Å²) >= 11 is 0. The number of halogens is 1. The molecule has 3 aromatic rings. The van der Waals surface area contributed by atoms with Crippen molar-refractivity contribution in [3.63, 3.8) is 0 Å². The summed E-state index contributed by atoms with van der Waals surface area (Å²) in [5, 5.41) is 17.6. The summed E-state index contributed by atoms with van der Waals surface area (Å²) in [5.74, 6) is -6.02. The molecule has 0 aliphatic heterocycles. The van der Waals surface area contributed by atoms with Gasteiger partial charge < -0.3 is 49.7 Å². The van der Waals surface area contributed by atoms with Crippen LogP contribution in [0.1, 0.15) is 56.7 Å². The first kappa shape index (κ1) is 48.1. The second kappa shape index (κ2) is 23.3. The second-order valence-corrected chi connectivity index (χ2v) is 14.6. The third kappa shape index (κ3) is 16.5. The van der Waals surface area contributed by atoms with E-state index < -0.39 is 65.4 Å². The zero-order valence-corrected chi connectivity index (χ0v) is 34.2. The average molecular weight is 844 g/mol. The maximum atomic E-state index is 14.5. The number of primary amides is 1. The van der Waals surface area contributed by atoms with Crippen LogP contribution >= 0.6 is 0 Å². The molecular weight excluding hydrogens is 790 g/mol. The number of aliphatic imine (C=N–C) groups is 2. The fourth-order valence-electron chi connectivity index (χ4n) is 6.11. The molecule has 0 aromatic heterocycles. The number of amides is 6. The molecular formula is C42H54FN11O7. The van der Waals surface area contributed by atoms with Crippen LogP contribution in [0.15, 0.2) is 88.9 Å². The third-order valence-electron chi connectivity index (χ3n) is 9.06. The maximum Gasteiger partial charge on any atom is 0.253 e. The number of phenolic OH excluding ortho intramolecular Hbond substituents is 1. The smallest absolute Gasteiger partial charge is 0.253 e. The lowest BCUT2D eigenvalue weighted by atomic mass is 9.99. The van der Waals surface area contributed by atoms with E-state index in [1.165, 1.54) is 42.5 Å². The number of carbonyl (C=O) groups is 6. The van der Waals surface area contributed by atoms with Crippen molar-refractivity contribution < 1.29 is 38.3 Å². The number of phenols is 1. The summed E-state index contributed by atoms with van der Waals surface area (Å²) in [6.07, 6.45) is 2.53. The normalized spacial score (nSPS) is 12.9. The standard InChI is InChI=1S/C42H54FN11O7/c1-24(2)21-33(38(59)51-32(37(44)58)5-4-20-49-41(45)46)52-39(60)34(22-27-8-15-30(16-9-27)50-42(47)48)53-40(61)35(23-28-6-13-29(43)14-7-28)54(25(3)55)36(57)19-12-26-10-17-31(56)18-11-26/h6-19,24,32-35,56H,4-5,20-23H2,1-3H3,(H2,44,58)(H,51,59)(H,52,60)(H,53,61)(H4,45,46,49)(H4,47,48,50)/b19-12+. The van der Waals surface area contributed by atoms with Crippen molar-refractivity contribution in [1.82, 2.24) is 20.9 Å². The lowest BCUT2D eigenvalue weighted by Crippen LogP contribution is -2.59. The highest BCUT2D eigenvalue weighted by Crippen LogP contribution is 2.18. The zero-order chi connectivity index (χ0) is 45.2. The third-order valence-corrected chi connectivity index (χ3v) is 9.06. The van der Waals surface area contributed by atoms with Crippen LogP contribution < -0.4 is 44.6 Å². The van der Waals surface area contributed by atoms with Crippen LogP contribution in [0.5, 0.6) is 5.75 Å². The predicted molar refractivity (Wildman–Crippen MR) is 229 cm³/mol.